The molecule has 0 radical (unpaired) electrons. The second-order valence-corrected chi connectivity index (χ2v) is 3.34. The molecular weight excluding hydrogens is 136 g/mol. The molecule has 0 saturated heterocycles. The lowest BCUT2D eigenvalue weighted by molar-refractivity contribution is 0.290. The Morgan fingerprint density at radius 2 is 2.09 bits per heavy atom. The molecule has 0 aromatic rings. The third-order valence-corrected chi connectivity index (χ3v) is 2.11. The summed E-state index contributed by atoms with van der Waals surface area (Å²) in [5.74, 6) is 1.76. The molecule has 1 unspecified atom stereocenters. The summed E-state index contributed by atoms with van der Waals surface area (Å²) in [7, 11) is 1.74. The molecule has 1 aliphatic carbocycles. The third-order valence-electron chi connectivity index (χ3n) is 2.11. The topological polar surface area (TPSA) is 9.23 Å². The molecule has 0 heterocycles. The van der Waals surface area contributed by atoms with Crippen molar-refractivity contribution in [1.29, 1.82) is 0 Å². The highest BCUT2D eigenvalue weighted by atomic mass is 16.5. The molecular formula is C10H16O. The minimum absolute atomic E-state index is 0.675. The van der Waals surface area contributed by atoms with Gasteiger partial charge in [-0.3, -0.25) is 0 Å². The van der Waals surface area contributed by atoms with Gasteiger partial charge in [-0.1, -0.05) is 13.0 Å². The fourth-order valence-electron chi connectivity index (χ4n) is 1.81. The van der Waals surface area contributed by atoms with E-state index < -0.39 is 0 Å². The molecule has 0 bridgehead atoms. The largest absolute Gasteiger partial charge is 0.497 e. The van der Waals surface area contributed by atoms with E-state index >= 15 is 0 Å². The van der Waals surface area contributed by atoms with Gasteiger partial charge in [-0.05, 0) is 37.3 Å². The molecule has 1 heteroatoms. The van der Waals surface area contributed by atoms with Crippen LogP contribution in [0.4, 0.5) is 0 Å². The first-order chi connectivity index (χ1) is 5.15. The Balaban J connectivity index is 2.90. The lowest BCUT2D eigenvalue weighted by Gasteiger charge is -2.19. The average Bonchev–Trinajstić information content (AvgIpc) is 1.85. The van der Waals surface area contributed by atoms with E-state index in [1.807, 2.05) is 0 Å². The molecule has 1 atom stereocenters. The van der Waals surface area contributed by atoms with E-state index in [2.05, 4.69) is 26.8 Å². The zero-order chi connectivity index (χ0) is 8.43. The monoisotopic (exact) mass is 152 g/mol. The van der Waals surface area contributed by atoms with E-state index in [1.54, 1.807) is 7.11 Å². The van der Waals surface area contributed by atoms with Crippen molar-refractivity contribution >= 4 is 0 Å². The number of allylic oxidation sites excluding steroid dienone is 3. The average molecular weight is 152 g/mol. The van der Waals surface area contributed by atoms with Crippen LogP contribution in [-0.4, -0.2) is 7.11 Å². The molecule has 0 N–H and O–H groups in total. The first-order valence-corrected chi connectivity index (χ1v) is 4.07. The molecule has 0 saturated carbocycles. The van der Waals surface area contributed by atoms with Gasteiger partial charge < -0.3 is 4.74 Å². The van der Waals surface area contributed by atoms with Crippen molar-refractivity contribution in [1.82, 2.24) is 0 Å². The zero-order valence-corrected chi connectivity index (χ0v) is 7.77. The highest BCUT2D eigenvalue weighted by Gasteiger charge is 2.14. The van der Waals surface area contributed by atoms with E-state index in [-0.39, 0.29) is 0 Å². The Bertz CT molecular complexity index is 211. The standard InChI is InChI=1S/C10H16O/c1-7-5-8(2)10(11-4)9(3)6-7/h5,7H,6H2,1-4H3. The molecule has 1 nitrogen and oxygen atoms in total. The molecule has 0 fully saturated rings. The van der Waals surface area contributed by atoms with Crippen LogP contribution in [0.15, 0.2) is 23.0 Å². The van der Waals surface area contributed by atoms with Gasteiger partial charge in [-0.25, -0.2) is 0 Å². The minimum atomic E-state index is 0.675. The van der Waals surface area contributed by atoms with Crippen molar-refractivity contribution in [3.05, 3.63) is 23.0 Å². The van der Waals surface area contributed by atoms with Crippen LogP contribution >= 0.6 is 0 Å². The van der Waals surface area contributed by atoms with E-state index in [4.69, 9.17) is 4.74 Å². The van der Waals surface area contributed by atoms with Gasteiger partial charge in [0.1, 0.15) is 5.76 Å². The summed E-state index contributed by atoms with van der Waals surface area (Å²) in [6, 6.07) is 0. The Hall–Kier alpha value is -0.720. The molecule has 62 valence electrons. The van der Waals surface area contributed by atoms with E-state index in [9.17, 15) is 0 Å². The number of ether oxygens (including phenoxy) is 1. The second-order valence-electron chi connectivity index (χ2n) is 3.34. The molecule has 0 aromatic heterocycles. The first kappa shape index (κ1) is 8.38. The summed E-state index contributed by atoms with van der Waals surface area (Å²) in [6.45, 7) is 6.49. The van der Waals surface area contributed by atoms with Gasteiger partial charge in [0.2, 0.25) is 0 Å². The Labute approximate surface area is 68.8 Å². The van der Waals surface area contributed by atoms with Gasteiger partial charge in [0.05, 0.1) is 7.11 Å². The van der Waals surface area contributed by atoms with Gasteiger partial charge >= 0.3 is 0 Å². The molecule has 0 amide bonds. The van der Waals surface area contributed by atoms with Crippen LogP contribution in [0.25, 0.3) is 0 Å². The summed E-state index contributed by atoms with van der Waals surface area (Å²) >= 11 is 0. The predicted molar refractivity (Wildman–Crippen MR) is 47.2 cm³/mol. The van der Waals surface area contributed by atoms with Crippen LogP contribution in [0.5, 0.6) is 0 Å². The van der Waals surface area contributed by atoms with Gasteiger partial charge in [-0.15, -0.1) is 0 Å². The Kier molecular flexibility index (Phi) is 2.38. The molecule has 1 aliphatic rings. The number of hydrogen-bond donors (Lipinski definition) is 0. The van der Waals surface area contributed by atoms with Crippen molar-refractivity contribution in [3.8, 4) is 0 Å². The van der Waals surface area contributed by atoms with Crippen molar-refractivity contribution in [2.75, 3.05) is 7.11 Å². The van der Waals surface area contributed by atoms with Crippen molar-refractivity contribution < 1.29 is 4.74 Å². The summed E-state index contributed by atoms with van der Waals surface area (Å²) in [4.78, 5) is 0. The van der Waals surface area contributed by atoms with E-state index in [0.717, 1.165) is 12.2 Å². The smallest absolute Gasteiger partial charge is 0.120 e. The third kappa shape index (κ3) is 1.65. The summed E-state index contributed by atoms with van der Waals surface area (Å²) in [5, 5.41) is 0. The van der Waals surface area contributed by atoms with Crippen LogP contribution in [0, 0.1) is 5.92 Å². The molecule has 0 aliphatic heterocycles. The molecule has 1 rings (SSSR count). The normalized spacial score (nSPS) is 25.1. The lowest BCUT2D eigenvalue weighted by Crippen LogP contribution is -2.05. The highest BCUT2D eigenvalue weighted by Crippen LogP contribution is 2.28. The van der Waals surface area contributed by atoms with E-state index in [0.29, 0.717) is 5.92 Å². The molecule has 0 spiro atoms. The van der Waals surface area contributed by atoms with Crippen molar-refractivity contribution in [2.24, 2.45) is 5.92 Å². The van der Waals surface area contributed by atoms with Gasteiger partial charge in [0.15, 0.2) is 0 Å². The maximum Gasteiger partial charge on any atom is 0.120 e. The number of rotatable bonds is 1. The number of hydrogen-bond acceptors (Lipinski definition) is 1. The minimum Gasteiger partial charge on any atom is -0.497 e. The fraction of sp³-hybridized carbons (Fsp3) is 0.600. The van der Waals surface area contributed by atoms with Crippen molar-refractivity contribution in [3.63, 3.8) is 0 Å². The maximum atomic E-state index is 5.28. The van der Waals surface area contributed by atoms with Crippen molar-refractivity contribution in [2.45, 2.75) is 27.2 Å². The summed E-state index contributed by atoms with van der Waals surface area (Å²) in [6.07, 6.45) is 3.41. The van der Waals surface area contributed by atoms with Crippen LogP contribution < -0.4 is 0 Å². The van der Waals surface area contributed by atoms with Crippen LogP contribution in [-0.2, 0) is 4.74 Å². The van der Waals surface area contributed by atoms with Crippen LogP contribution in [0.1, 0.15) is 27.2 Å². The second kappa shape index (κ2) is 3.12. The zero-order valence-electron chi connectivity index (χ0n) is 7.77. The van der Waals surface area contributed by atoms with E-state index in [1.165, 1.54) is 11.1 Å². The first-order valence-electron chi connectivity index (χ1n) is 4.07. The molecule has 11 heavy (non-hydrogen) atoms. The fourth-order valence-corrected chi connectivity index (χ4v) is 1.81. The SMILES string of the molecule is COC1=C(C)CC(C)C=C1C. The predicted octanol–water partition coefficient (Wildman–Crippen LogP) is 2.89. The molecule has 0 aromatic carbocycles. The summed E-state index contributed by atoms with van der Waals surface area (Å²) < 4.78 is 5.28. The van der Waals surface area contributed by atoms with Crippen LogP contribution in [0.2, 0.25) is 0 Å². The maximum absolute atomic E-state index is 5.28. The van der Waals surface area contributed by atoms with Gasteiger partial charge in [0, 0.05) is 0 Å². The van der Waals surface area contributed by atoms with Gasteiger partial charge in [0.25, 0.3) is 0 Å². The lowest BCUT2D eigenvalue weighted by atomic mass is 9.92. The quantitative estimate of drug-likeness (QED) is 0.561. The Morgan fingerprint density at radius 3 is 2.55 bits per heavy atom. The Morgan fingerprint density at radius 1 is 1.45 bits per heavy atom. The summed E-state index contributed by atoms with van der Waals surface area (Å²) in [5.41, 5.74) is 2.66. The van der Waals surface area contributed by atoms with Gasteiger partial charge in [-0.2, -0.15) is 0 Å². The number of methoxy groups -OCH3 is 1. The highest BCUT2D eigenvalue weighted by molar-refractivity contribution is 5.32. The van der Waals surface area contributed by atoms with Crippen LogP contribution in [0.3, 0.4) is 0 Å².